The summed E-state index contributed by atoms with van der Waals surface area (Å²) in [7, 11) is -3.91. The molecule has 3 aromatic carbocycles. The van der Waals surface area contributed by atoms with Crippen molar-refractivity contribution >= 4 is 35.5 Å². The Morgan fingerprint density at radius 1 is 1.03 bits per heavy atom. The average Bonchev–Trinajstić information content (AvgIpc) is 3.18. The minimum absolute atomic E-state index is 0.108. The van der Waals surface area contributed by atoms with Gasteiger partial charge in [0, 0.05) is 18.1 Å². The maximum atomic E-state index is 14.7. The number of β-lactam (4-membered cyclic amide) rings is 1. The van der Waals surface area contributed by atoms with Crippen LogP contribution >= 0.6 is 7.37 Å². The lowest BCUT2D eigenvalue weighted by Gasteiger charge is -2.46. The summed E-state index contributed by atoms with van der Waals surface area (Å²) in [5.41, 5.74) is 0.0977. The van der Waals surface area contributed by atoms with Gasteiger partial charge in [-0.2, -0.15) is 0 Å². The molecule has 11 heteroatoms. The van der Waals surface area contributed by atoms with Crippen LogP contribution in [-0.2, 0) is 25.1 Å². The molecule has 2 aliphatic heterocycles. The summed E-state index contributed by atoms with van der Waals surface area (Å²) in [6.07, 6.45) is -0.937. The summed E-state index contributed by atoms with van der Waals surface area (Å²) in [4.78, 5) is 37.3. The van der Waals surface area contributed by atoms with Gasteiger partial charge in [0.25, 0.3) is 5.69 Å². The van der Waals surface area contributed by atoms with Gasteiger partial charge in [-0.25, -0.2) is 4.79 Å². The third-order valence-electron chi connectivity index (χ3n) is 7.16. The van der Waals surface area contributed by atoms with E-state index >= 15 is 0 Å². The highest BCUT2D eigenvalue weighted by Gasteiger charge is 2.62. The molecule has 200 valence electrons. The number of carbonyl (C=O) groups is 2. The zero-order valence-electron chi connectivity index (χ0n) is 20.8. The summed E-state index contributed by atoms with van der Waals surface area (Å²) >= 11 is 0. The van der Waals surface area contributed by atoms with E-state index in [2.05, 4.69) is 0 Å². The Balaban J connectivity index is 1.64. The van der Waals surface area contributed by atoms with E-state index in [4.69, 9.17) is 4.52 Å². The second-order valence-electron chi connectivity index (χ2n) is 9.53. The largest absolute Gasteiger partial charge is 0.476 e. The molecule has 1 fully saturated rings. The van der Waals surface area contributed by atoms with Gasteiger partial charge in [-0.1, -0.05) is 48.5 Å². The lowest BCUT2D eigenvalue weighted by molar-refractivity contribution is -0.384. The minimum Gasteiger partial charge on any atom is -0.476 e. The molecule has 0 aromatic heterocycles. The Kier molecular flexibility index (Phi) is 6.84. The van der Waals surface area contributed by atoms with Gasteiger partial charge in [-0.3, -0.25) is 24.4 Å². The van der Waals surface area contributed by atoms with Crippen molar-refractivity contribution in [1.29, 1.82) is 0 Å². The molecule has 1 amide bonds. The van der Waals surface area contributed by atoms with Crippen LogP contribution in [0.3, 0.4) is 0 Å². The van der Waals surface area contributed by atoms with E-state index < -0.39 is 53.8 Å². The van der Waals surface area contributed by atoms with Crippen molar-refractivity contribution in [2.45, 2.75) is 25.5 Å². The molecule has 39 heavy (non-hydrogen) atoms. The van der Waals surface area contributed by atoms with Crippen LogP contribution in [-0.4, -0.2) is 44.1 Å². The monoisotopic (exact) mass is 548 g/mol. The number of benzene rings is 3. The second-order valence-corrected chi connectivity index (χ2v) is 11.8. The smallest absolute Gasteiger partial charge is 0.356 e. The Bertz CT molecular complexity index is 1460. The van der Waals surface area contributed by atoms with Gasteiger partial charge in [0.2, 0.25) is 5.91 Å². The number of nitro groups is 1. The van der Waals surface area contributed by atoms with E-state index in [1.54, 1.807) is 72.8 Å². The van der Waals surface area contributed by atoms with Gasteiger partial charge < -0.3 is 14.7 Å². The van der Waals surface area contributed by atoms with Crippen LogP contribution in [0.25, 0.3) is 0 Å². The van der Waals surface area contributed by atoms with Crippen LogP contribution < -0.4 is 10.6 Å². The van der Waals surface area contributed by atoms with Crippen molar-refractivity contribution < 1.29 is 33.8 Å². The molecule has 3 aromatic rings. The number of aliphatic hydroxyl groups excluding tert-OH is 1. The van der Waals surface area contributed by atoms with E-state index in [1.807, 2.05) is 0 Å². The first-order valence-corrected chi connectivity index (χ1v) is 13.9. The first kappa shape index (κ1) is 26.3. The number of hydrogen-bond donors (Lipinski definition) is 2. The van der Waals surface area contributed by atoms with E-state index in [1.165, 1.54) is 19.1 Å². The summed E-state index contributed by atoms with van der Waals surface area (Å²) in [6, 6.07) is 21.8. The highest BCUT2D eigenvalue weighted by Crippen LogP contribution is 2.55. The number of fused-ring (bicyclic) bond motifs is 1. The standard InChI is InChI=1S/C28H25N2O8P/c1-17(31)23-24-22(16-18-12-14-19(15-13-18)30(35)36)26(25(28(33)34)29(24)27(23)32)38-39(37,20-8-4-2-5-9-20)21-10-6-3-7-11-21/h2-15,17,22-24,31H,16H2,1H3,(H,33,34)/t17-,22?,23-,24-/m1/s1. The Morgan fingerprint density at radius 3 is 2.03 bits per heavy atom. The maximum Gasteiger partial charge on any atom is 0.356 e. The minimum atomic E-state index is -3.91. The van der Waals surface area contributed by atoms with Crippen molar-refractivity contribution in [1.82, 2.24) is 4.90 Å². The highest BCUT2D eigenvalue weighted by molar-refractivity contribution is 7.74. The lowest BCUT2D eigenvalue weighted by atomic mass is 9.76. The molecule has 1 saturated heterocycles. The zero-order valence-corrected chi connectivity index (χ0v) is 21.7. The van der Waals surface area contributed by atoms with Crippen molar-refractivity contribution in [2.75, 3.05) is 0 Å². The van der Waals surface area contributed by atoms with Gasteiger partial charge in [-0.15, -0.1) is 0 Å². The van der Waals surface area contributed by atoms with Crippen LogP contribution in [0, 0.1) is 22.0 Å². The van der Waals surface area contributed by atoms with E-state index in [0.717, 1.165) is 4.90 Å². The zero-order chi connectivity index (χ0) is 27.9. The molecule has 0 saturated carbocycles. The Hall–Kier alpha value is -4.27. The molecule has 0 bridgehead atoms. The molecule has 10 nitrogen and oxygen atoms in total. The second kappa shape index (κ2) is 10.1. The normalized spacial score (nSPS) is 21.2. The van der Waals surface area contributed by atoms with Crippen molar-refractivity contribution in [2.24, 2.45) is 11.8 Å². The Labute approximate surface area is 223 Å². The number of carbonyl (C=O) groups excluding carboxylic acids is 1. The molecule has 2 N–H and O–H groups in total. The molecular formula is C28H25N2O8P. The fourth-order valence-corrected chi connectivity index (χ4v) is 7.48. The van der Waals surface area contributed by atoms with Crippen LogP contribution in [0.2, 0.25) is 0 Å². The van der Waals surface area contributed by atoms with Gasteiger partial charge in [0.1, 0.15) is 5.76 Å². The van der Waals surface area contributed by atoms with Crippen LogP contribution in [0.4, 0.5) is 5.69 Å². The molecule has 0 radical (unpaired) electrons. The van der Waals surface area contributed by atoms with Crippen molar-refractivity contribution in [3.8, 4) is 0 Å². The van der Waals surface area contributed by atoms with E-state index in [-0.39, 0.29) is 17.9 Å². The predicted octanol–water partition coefficient (Wildman–Crippen LogP) is 3.22. The number of rotatable bonds is 9. The summed E-state index contributed by atoms with van der Waals surface area (Å²) in [5, 5.41) is 32.4. The van der Waals surface area contributed by atoms with Gasteiger partial charge in [0.15, 0.2) is 5.70 Å². The molecule has 2 heterocycles. The third kappa shape index (κ3) is 4.51. The topological polar surface area (TPSA) is 147 Å². The van der Waals surface area contributed by atoms with Gasteiger partial charge in [0.05, 0.1) is 33.6 Å². The number of amides is 1. The van der Waals surface area contributed by atoms with E-state index in [0.29, 0.717) is 16.2 Å². The SMILES string of the molecule is C[C@@H](O)[C@H]1C(=O)N2C(C(=O)O)=C(OP(=O)(c3ccccc3)c3ccccc3)C(Cc3ccc([N+](=O)[O-])cc3)[C@H]12. The van der Waals surface area contributed by atoms with Crippen LogP contribution in [0.15, 0.2) is 96.4 Å². The number of carboxylic acids is 1. The number of aliphatic carboxylic acids is 1. The lowest BCUT2D eigenvalue weighted by Crippen LogP contribution is -2.64. The van der Waals surface area contributed by atoms with Gasteiger partial charge in [-0.05, 0) is 43.2 Å². The van der Waals surface area contributed by atoms with Gasteiger partial charge >= 0.3 is 13.3 Å². The third-order valence-corrected chi connectivity index (χ3v) is 9.57. The highest BCUT2D eigenvalue weighted by atomic mass is 31.2. The average molecular weight is 548 g/mol. The number of nitro benzene ring substituents is 1. The van der Waals surface area contributed by atoms with Crippen molar-refractivity contribution in [3.63, 3.8) is 0 Å². The summed E-state index contributed by atoms with van der Waals surface area (Å²) in [5.74, 6) is -3.79. The first-order chi connectivity index (χ1) is 18.6. The van der Waals surface area contributed by atoms with E-state index in [9.17, 15) is 34.5 Å². The van der Waals surface area contributed by atoms with Crippen LogP contribution in [0.1, 0.15) is 12.5 Å². The molecule has 5 rings (SSSR count). The fraction of sp³-hybridized carbons (Fsp3) is 0.214. The van der Waals surface area contributed by atoms with Crippen LogP contribution in [0.5, 0.6) is 0 Å². The molecule has 0 spiro atoms. The molecule has 0 aliphatic carbocycles. The van der Waals surface area contributed by atoms with Crippen molar-refractivity contribution in [3.05, 3.63) is 112 Å². The quantitative estimate of drug-likeness (QED) is 0.179. The predicted molar refractivity (Wildman–Crippen MR) is 142 cm³/mol. The number of carboxylic acid groups (broad SMARTS) is 1. The number of hydrogen-bond acceptors (Lipinski definition) is 7. The number of aliphatic hydroxyl groups is 1. The maximum absolute atomic E-state index is 14.7. The number of nitrogens with zero attached hydrogens (tertiary/aromatic N) is 2. The molecule has 4 atom stereocenters. The summed E-state index contributed by atoms with van der Waals surface area (Å²) < 4.78 is 21.0. The summed E-state index contributed by atoms with van der Waals surface area (Å²) in [6.45, 7) is 1.46. The molecule has 2 aliphatic rings. The number of non-ortho nitro benzene ring substituents is 1. The first-order valence-electron chi connectivity index (χ1n) is 12.3. The molecule has 1 unspecified atom stereocenters. The molecular weight excluding hydrogens is 523 g/mol. The Morgan fingerprint density at radius 2 is 1.56 bits per heavy atom. The fourth-order valence-electron chi connectivity index (χ4n) is 5.34.